The number of aliphatic hydroxyl groups excluding tert-OH is 1. The zero-order valence-electron chi connectivity index (χ0n) is 9.87. The minimum absolute atomic E-state index is 0.0429. The van der Waals surface area contributed by atoms with E-state index >= 15 is 0 Å². The highest BCUT2D eigenvalue weighted by atomic mass is 32.2. The summed E-state index contributed by atoms with van der Waals surface area (Å²) in [7, 11) is -4.07. The van der Waals surface area contributed by atoms with Crippen LogP contribution in [-0.4, -0.2) is 30.2 Å². The molecule has 0 radical (unpaired) electrons. The van der Waals surface area contributed by atoms with Gasteiger partial charge in [-0.25, -0.2) is 8.42 Å². The van der Waals surface area contributed by atoms with Gasteiger partial charge >= 0.3 is 0 Å². The van der Waals surface area contributed by atoms with Gasteiger partial charge in [0, 0.05) is 0 Å². The van der Waals surface area contributed by atoms with Crippen LogP contribution in [0.5, 0.6) is 0 Å². The van der Waals surface area contributed by atoms with Crippen molar-refractivity contribution in [1.29, 1.82) is 0 Å². The minimum atomic E-state index is -4.07. The third-order valence-electron chi connectivity index (χ3n) is 3.22. The summed E-state index contributed by atoms with van der Waals surface area (Å²) >= 11 is 0. The topological polar surface area (TPSA) is 57.6 Å². The summed E-state index contributed by atoms with van der Waals surface area (Å²) in [6, 6.07) is 6.88. The van der Waals surface area contributed by atoms with E-state index in [1.54, 1.807) is 18.2 Å². The first-order valence-electron chi connectivity index (χ1n) is 5.95. The summed E-state index contributed by atoms with van der Waals surface area (Å²) < 4.78 is 38.0. The Hall–Kier alpha value is -0.980. The number of halogens is 1. The Morgan fingerprint density at radius 3 is 2.22 bits per heavy atom. The van der Waals surface area contributed by atoms with Gasteiger partial charge in [0.15, 0.2) is 0 Å². The molecule has 100 valence electrons. The quantitative estimate of drug-likeness (QED) is 0.855. The molecule has 1 N–H and O–H groups in total. The molecule has 0 bridgehead atoms. The lowest BCUT2D eigenvalue weighted by Crippen LogP contribution is -2.37. The fourth-order valence-electron chi connectivity index (χ4n) is 2.15. The molecule has 0 saturated heterocycles. The van der Waals surface area contributed by atoms with E-state index in [0.717, 1.165) is 0 Å². The second-order valence-electron chi connectivity index (χ2n) is 4.52. The summed E-state index contributed by atoms with van der Waals surface area (Å²) in [5.41, 5.74) is 0. The Morgan fingerprint density at radius 2 is 1.67 bits per heavy atom. The van der Waals surface area contributed by atoms with E-state index in [1.165, 1.54) is 12.1 Å². The first-order chi connectivity index (χ1) is 8.51. The predicted molar refractivity (Wildman–Crippen MR) is 64.8 cm³/mol. The first kappa shape index (κ1) is 13.5. The summed E-state index contributed by atoms with van der Waals surface area (Å²) in [6.07, 6.45) is 1.15. The van der Waals surface area contributed by atoms with Gasteiger partial charge in [-0.3, -0.25) is 0 Å². The third-order valence-corrected chi connectivity index (χ3v) is 4.85. The molecule has 1 saturated carbocycles. The van der Waals surface area contributed by atoms with Crippen LogP contribution in [0.4, 0.5) is 4.48 Å². The average molecular weight is 273 g/mol. The average Bonchev–Trinajstić information content (AvgIpc) is 2.40. The van der Waals surface area contributed by atoms with Gasteiger partial charge in [-0.15, -0.1) is 4.48 Å². The minimum Gasteiger partial charge on any atom is -0.393 e. The van der Waals surface area contributed by atoms with Gasteiger partial charge in [-0.2, -0.15) is 0 Å². The fraction of sp³-hybridized carbons (Fsp3) is 0.500. The molecule has 0 aliphatic heterocycles. The summed E-state index contributed by atoms with van der Waals surface area (Å²) in [5, 5.41) is 9.34. The summed E-state index contributed by atoms with van der Waals surface area (Å²) in [4.78, 5) is -0.0429. The smallest absolute Gasteiger partial charge is 0.269 e. The highest BCUT2D eigenvalue weighted by molar-refractivity contribution is 7.89. The van der Waals surface area contributed by atoms with Crippen molar-refractivity contribution in [2.45, 2.75) is 42.7 Å². The van der Waals surface area contributed by atoms with E-state index in [1.807, 2.05) is 0 Å². The van der Waals surface area contributed by atoms with Crippen LogP contribution < -0.4 is 0 Å². The standard InChI is InChI=1S/C12H16FNO3S/c13-14(10-6-8-11(15)9-7-10)18(16,17)12-4-2-1-3-5-12/h1-5,10-11,15H,6-9H2. The Bertz CT molecular complexity index is 483. The van der Waals surface area contributed by atoms with Gasteiger partial charge in [0.1, 0.15) is 0 Å². The van der Waals surface area contributed by atoms with Gasteiger partial charge in [0.05, 0.1) is 17.0 Å². The zero-order valence-corrected chi connectivity index (χ0v) is 10.7. The highest BCUT2D eigenvalue weighted by Crippen LogP contribution is 2.28. The number of nitrogens with zero attached hydrogens (tertiary/aromatic N) is 1. The van der Waals surface area contributed by atoms with Gasteiger partial charge in [0.2, 0.25) is 0 Å². The molecule has 0 unspecified atom stereocenters. The molecule has 0 amide bonds. The molecule has 1 aliphatic carbocycles. The lowest BCUT2D eigenvalue weighted by molar-refractivity contribution is 0.0292. The number of benzene rings is 1. The molecule has 18 heavy (non-hydrogen) atoms. The Balaban J connectivity index is 2.15. The van der Waals surface area contributed by atoms with Crippen LogP contribution in [0.2, 0.25) is 0 Å². The second kappa shape index (κ2) is 5.34. The molecule has 1 aromatic rings. The summed E-state index contributed by atoms with van der Waals surface area (Å²) in [6.45, 7) is 0. The van der Waals surface area contributed by atoms with Crippen LogP contribution in [0.3, 0.4) is 0 Å². The van der Waals surface area contributed by atoms with Gasteiger partial charge in [0.25, 0.3) is 10.0 Å². The van der Waals surface area contributed by atoms with Crippen molar-refractivity contribution >= 4 is 10.0 Å². The normalized spacial score (nSPS) is 25.3. The molecule has 1 aliphatic rings. The van der Waals surface area contributed by atoms with Crippen molar-refractivity contribution in [2.24, 2.45) is 0 Å². The molecule has 2 rings (SSSR count). The molecule has 0 atom stereocenters. The number of hydrogen-bond donors (Lipinski definition) is 1. The molecule has 0 heterocycles. The van der Waals surface area contributed by atoms with Crippen molar-refractivity contribution in [3.63, 3.8) is 0 Å². The molecule has 0 aromatic heterocycles. The molecule has 1 aromatic carbocycles. The van der Waals surface area contributed by atoms with Gasteiger partial charge < -0.3 is 5.11 Å². The lowest BCUT2D eigenvalue weighted by atomic mass is 9.94. The van der Waals surface area contributed by atoms with Crippen molar-refractivity contribution in [3.05, 3.63) is 30.3 Å². The SMILES string of the molecule is O=S(=O)(c1ccccc1)N(F)C1CCC(O)CC1. The lowest BCUT2D eigenvalue weighted by Gasteiger charge is -2.28. The Kier molecular flexibility index (Phi) is 3.99. The van der Waals surface area contributed by atoms with E-state index in [2.05, 4.69) is 0 Å². The van der Waals surface area contributed by atoms with Gasteiger partial charge in [-0.1, -0.05) is 18.2 Å². The molecule has 0 spiro atoms. The van der Waals surface area contributed by atoms with Crippen LogP contribution in [0.25, 0.3) is 0 Å². The number of hydrogen-bond acceptors (Lipinski definition) is 3. The van der Waals surface area contributed by atoms with Crippen LogP contribution in [0.1, 0.15) is 25.7 Å². The molecular weight excluding hydrogens is 257 g/mol. The van der Waals surface area contributed by atoms with Crippen LogP contribution in [0.15, 0.2) is 35.2 Å². The monoisotopic (exact) mass is 273 g/mol. The number of sulfonamides is 1. The second-order valence-corrected chi connectivity index (χ2v) is 6.29. The largest absolute Gasteiger partial charge is 0.393 e. The van der Waals surface area contributed by atoms with E-state index in [-0.39, 0.29) is 9.42 Å². The van der Waals surface area contributed by atoms with Crippen molar-refractivity contribution in [3.8, 4) is 0 Å². The predicted octanol–water partition coefficient (Wildman–Crippen LogP) is 1.87. The third kappa shape index (κ3) is 2.71. The van der Waals surface area contributed by atoms with Crippen molar-refractivity contribution < 1.29 is 18.0 Å². The number of rotatable bonds is 3. The van der Waals surface area contributed by atoms with E-state index in [0.29, 0.717) is 25.7 Å². The van der Waals surface area contributed by atoms with E-state index in [4.69, 9.17) is 0 Å². The van der Waals surface area contributed by atoms with Crippen LogP contribution >= 0.6 is 0 Å². The molecule has 4 nitrogen and oxygen atoms in total. The van der Waals surface area contributed by atoms with Crippen molar-refractivity contribution in [2.75, 3.05) is 0 Å². The molecular formula is C12H16FNO3S. The maximum absolute atomic E-state index is 14.0. The van der Waals surface area contributed by atoms with Crippen molar-refractivity contribution in [1.82, 2.24) is 4.53 Å². The highest BCUT2D eigenvalue weighted by Gasteiger charge is 2.34. The van der Waals surface area contributed by atoms with E-state index in [9.17, 15) is 18.0 Å². The van der Waals surface area contributed by atoms with Crippen LogP contribution in [0, 0.1) is 0 Å². The Morgan fingerprint density at radius 1 is 1.11 bits per heavy atom. The number of aliphatic hydroxyl groups is 1. The zero-order chi connectivity index (χ0) is 13.2. The molecule has 6 heteroatoms. The van der Waals surface area contributed by atoms with Crippen LogP contribution in [-0.2, 0) is 10.0 Å². The molecule has 1 fully saturated rings. The maximum Gasteiger partial charge on any atom is 0.269 e. The van der Waals surface area contributed by atoms with E-state index < -0.39 is 22.2 Å². The fourth-order valence-corrected chi connectivity index (χ4v) is 3.46. The van der Waals surface area contributed by atoms with Gasteiger partial charge in [-0.05, 0) is 42.3 Å². The summed E-state index contributed by atoms with van der Waals surface area (Å²) in [5.74, 6) is 0. The Labute approximate surface area is 106 Å². The first-order valence-corrected chi connectivity index (χ1v) is 7.39. The maximum atomic E-state index is 14.0.